The number of nitrogens with zero attached hydrogens (tertiary/aromatic N) is 1. The SMILES string of the molecule is CC#CC[C@]1(C#N)C[C@@H](CI)OC(C)(C)O1. The van der Waals surface area contributed by atoms with Gasteiger partial charge in [-0.15, -0.1) is 5.92 Å². The maximum atomic E-state index is 9.31. The molecular weight excluding hydrogens is 317 g/mol. The zero-order chi connectivity index (χ0) is 12.2. The molecule has 1 rings (SSSR count). The van der Waals surface area contributed by atoms with Crippen LogP contribution in [0.1, 0.15) is 33.6 Å². The Labute approximate surface area is 111 Å². The smallest absolute Gasteiger partial charge is 0.170 e. The van der Waals surface area contributed by atoms with Crippen LogP contribution >= 0.6 is 22.6 Å². The molecule has 0 aromatic rings. The van der Waals surface area contributed by atoms with Crippen molar-refractivity contribution in [1.29, 1.82) is 5.26 Å². The minimum Gasteiger partial charge on any atom is -0.346 e. The van der Waals surface area contributed by atoms with Gasteiger partial charge in [-0.2, -0.15) is 5.26 Å². The standard InChI is InChI=1S/C12H16INO2/c1-4-5-6-12(9-14)7-10(8-13)15-11(2,3)16-12/h10H,6-8H2,1-3H3/t10-,12+/m0/s1. The largest absolute Gasteiger partial charge is 0.346 e. The summed E-state index contributed by atoms with van der Waals surface area (Å²) in [6, 6.07) is 2.26. The van der Waals surface area contributed by atoms with Crippen molar-refractivity contribution in [3.8, 4) is 17.9 Å². The molecule has 2 atom stereocenters. The van der Waals surface area contributed by atoms with Gasteiger partial charge >= 0.3 is 0 Å². The molecule has 16 heavy (non-hydrogen) atoms. The first kappa shape index (κ1) is 13.8. The van der Waals surface area contributed by atoms with E-state index in [0.29, 0.717) is 12.8 Å². The number of hydrogen-bond acceptors (Lipinski definition) is 3. The van der Waals surface area contributed by atoms with E-state index in [4.69, 9.17) is 9.47 Å². The van der Waals surface area contributed by atoms with E-state index in [2.05, 4.69) is 40.5 Å². The van der Waals surface area contributed by atoms with E-state index in [1.165, 1.54) is 0 Å². The van der Waals surface area contributed by atoms with Crippen molar-refractivity contribution in [3.63, 3.8) is 0 Å². The Kier molecular flexibility index (Phi) is 4.61. The first-order chi connectivity index (χ1) is 7.47. The molecule has 0 N–H and O–H groups in total. The summed E-state index contributed by atoms with van der Waals surface area (Å²) in [7, 11) is 0. The summed E-state index contributed by atoms with van der Waals surface area (Å²) in [5.74, 6) is 5.04. The molecule has 0 unspecified atom stereocenters. The Hall–Kier alpha value is -0.300. The Morgan fingerprint density at radius 3 is 2.69 bits per heavy atom. The summed E-state index contributed by atoms with van der Waals surface area (Å²) in [6.07, 6.45) is 1.09. The van der Waals surface area contributed by atoms with Crippen molar-refractivity contribution in [3.05, 3.63) is 0 Å². The molecule has 0 spiro atoms. The highest BCUT2D eigenvalue weighted by atomic mass is 127. The summed E-state index contributed by atoms with van der Waals surface area (Å²) in [6.45, 7) is 5.46. The lowest BCUT2D eigenvalue weighted by Crippen LogP contribution is -2.52. The molecule has 1 fully saturated rings. The van der Waals surface area contributed by atoms with Crippen molar-refractivity contribution < 1.29 is 9.47 Å². The molecule has 1 heterocycles. The van der Waals surface area contributed by atoms with Gasteiger partial charge in [0, 0.05) is 10.8 Å². The summed E-state index contributed by atoms with van der Waals surface area (Å²) in [5, 5.41) is 9.31. The molecule has 0 radical (unpaired) electrons. The van der Waals surface area contributed by atoms with Crippen LogP contribution in [0.4, 0.5) is 0 Å². The lowest BCUT2D eigenvalue weighted by molar-refractivity contribution is -0.313. The fourth-order valence-corrected chi connectivity index (χ4v) is 2.37. The zero-order valence-corrected chi connectivity index (χ0v) is 12.0. The molecular formula is C12H16INO2. The highest BCUT2D eigenvalue weighted by molar-refractivity contribution is 14.1. The van der Waals surface area contributed by atoms with E-state index in [1.807, 2.05) is 13.8 Å². The molecule has 0 bridgehead atoms. The van der Waals surface area contributed by atoms with Crippen LogP contribution in [0.5, 0.6) is 0 Å². The van der Waals surface area contributed by atoms with Crippen LogP contribution in [0.3, 0.4) is 0 Å². The number of alkyl halides is 1. The monoisotopic (exact) mass is 333 g/mol. The quantitative estimate of drug-likeness (QED) is 0.443. The highest BCUT2D eigenvalue weighted by Crippen LogP contribution is 2.36. The fourth-order valence-electron chi connectivity index (χ4n) is 1.88. The van der Waals surface area contributed by atoms with Crippen molar-refractivity contribution in [1.82, 2.24) is 0 Å². The second-order valence-electron chi connectivity index (χ2n) is 4.31. The van der Waals surface area contributed by atoms with Gasteiger partial charge in [-0.1, -0.05) is 28.5 Å². The third-order valence-electron chi connectivity index (χ3n) is 2.38. The normalized spacial score (nSPS) is 32.3. The molecule has 1 saturated heterocycles. The third-order valence-corrected chi connectivity index (χ3v) is 3.36. The lowest BCUT2D eigenvalue weighted by Gasteiger charge is -2.44. The molecule has 0 aromatic heterocycles. The number of nitriles is 1. The van der Waals surface area contributed by atoms with Crippen LogP contribution < -0.4 is 0 Å². The molecule has 0 amide bonds. The van der Waals surface area contributed by atoms with Crippen LogP contribution in [0.2, 0.25) is 0 Å². The Bertz CT molecular complexity index is 350. The van der Waals surface area contributed by atoms with Crippen LogP contribution in [-0.4, -0.2) is 21.9 Å². The van der Waals surface area contributed by atoms with E-state index in [9.17, 15) is 5.26 Å². The van der Waals surface area contributed by atoms with Crippen molar-refractivity contribution in [2.45, 2.75) is 51.1 Å². The lowest BCUT2D eigenvalue weighted by atomic mass is 9.92. The topological polar surface area (TPSA) is 42.2 Å². The molecule has 1 aliphatic rings. The fraction of sp³-hybridized carbons (Fsp3) is 0.750. The van der Waals surface area contributed by atoms with Gasteiger partial charge in [-0.05, 0) is 20.8 Å². The molecule has 4 heteroatoms. The van der Waals surface area contributed by atoms with Gasteiger partial charge < -0.3 is 9.47 Å². The van der Waals surface area contributed by atoms with Crippen molar-refractivity contribution >= 4 is 22.6 Å². The van der Waals surface area contributed by atoms with Crippen molar-refractivity contribution in [2.24, 2.45) is 0 Å². The summed E-state index contributed by atoms with van der Waals surface area (Å²) >= 11 is 2.27. The van der Waals surface area contributed by atoms with E-state index < -0.39 is 11.4 Å². The van der Waals surface area contributed by atoms with Gasteiger partial charge in [0.1, 0.15) is 0 Å². The molecule has 1 aliphatic heterocycles. The van der Waals surface area contributed by atoms with Gasteiger partial charge in [0.2, 0.25) is 0 Å². The molecule has 0 saturated carbocycles. The number of hydrogen-bond donors (Lipinski definition) is 0. The molecule has 88 valence electrons. The summed E-state index contributed by atoms with van der Waals surface area (Å²) < 4.78 is 12.3. The predicted molar refractivity (Wildman–Crippen MR) is 70.0 cm³/mol. The van der Waals surface area contributed by atoms with Gasteiger partial charge in [-0.25, -0.2) is 0 Å². The van der Waals surface area contributed by atoms with E-state index in [0.717, 1.165) is 4.43 Å². The second-order valence-corrected chi connectivity index (χ2v) is 5.19. The van der Waals surface area contributed by atoms with Gasteiger partial charge in [0.15, 0.2) is 11.4 Å². The number of halogens is 1. The summed E-state index contributed by atoms with van der Waals surface area (Å²) in [5.41, 5.74) is -0.819. The van der Waals surface area contributed by atoms with E-state index in [1.54, 1.807) is 6.92 Å². The third kappa shape index (κ3) is 3.35. The summed E-state index contributed by atoms with van der Waals surface area (Å²) in [4.78, 5) is 0. The molecule has 0 aromatic carbocycles. The molecule has 3 nitrogen and oxygen atoms in total. The average Bonchev–Trinajstić information content (AvgIpc) is 2.24. The van der Waals surface area contributed by atoms with Gasteiger partial charge in [0.25, 0.3) is 0 Å². The van der Waals surface area contributed by atoms with E-state index in [-0.39, 0.29) is 6.10 Å². The van der Waals surface area contributed by atoms with E-state index >= 15 is 0 Å². The minimum absolute atomic E-state index is 0.0580. The number of rotatable bonds is 2. The number of ether oxygens (including phenoxy) is 2. The van der Waals surface area contributed by atoms with Gasteiger partial charge in [-0.3, -0.25) is 0 Å². The second kappa shape index (κ2) is 5.35. The van der Waals surface area contributed by atoms with Crippen LogP contribution in [0.25, 0.3) is 0 Å². The Morgan fingerprint density at radius 2 is 2.19 bits per heavy atom. The average molecular weight is 333 g/mol. The zero-order valence-electron chi connectivity index (χ0n) is 9.84. The first-order valence-electron chi connectivity index (χ1n) is 5.22. The Morgan fingerprint density at radius 1 is 1.50 bits per heavy atom. The highest BCUT2D eigenvalue weighted by Gasteiger charge is 2.45. The first-order valence-corrected chi connectivity index (χ1v) is 6.74. The maximum absolute atomic E-state index is 9.31. The van der Waals surface area contributed by atoms with Crippen LogP contribution in [0, 0.1) is 23.2 Å². The molecule has 0 aliphatic carbocycles. The van der Waals surface area contributed by atoms with Gasteiger partial charge in [0.05, 0.1) is 18.6 Å². The Balaban J connectivity index is 2.90. The van der Waals surface area contributed by atoms with Crippen LogP contribution in [0.15, 0.2) is 0 Å². The predicted octanol–water partition coefficient (Wildman–Crippen LogP) is 2.64. The maximum Gasteiger partial charge on any atom is 0.170 e. The van der Waals surface area contributed by atoms with Crippen LogP contribution in [-0.2, 0) is 9.47 Å². The minimum atomic E-state index is -0.819. The van der Waals surface area contributed by atoms with Crippen molar-refractivity contribution in [2.75, 3.05) is 4.43 Å².